The molecule has 0 bridgehead atoms. The molecule has 0 spiro atoms. The van der Waals surface area contributed by atoms with Crippen molar-refractivity contribution in [3.05, 3.63) is 29.1 Å². The van der Waals surface area contributed by atoms with E-state index in [0.29, 0.717) is 16.4 Å². The predicted octanol–water partition coefficient (Wildman–Crippen LogP) is 2.68. The molecule has 0 amide bonds. The van der Waals surface area contributed by atoms with Crippen LogP contribution in [-0.4, -0.2) is 23.6 Å². The first-order valence-electron chi connectivity index (χ1n) is 5.30. The molecule has 0 unspecified atom stereocenters. The Kier molecular flexibility index (Phi) is 3.52. The minimum atomic E-state index is -0.640. The third-order valence-electron chi connectivity index (χ3n) is 2.64. The van der Waals surface area contributed by atoms with Crippen LogP contribution >= 0.6 is 11.8 Å². The van der Waals surface area contributed by atoms with E-state index in [1.165, 1.54) is 6.07 Å². The molecule has 88 valence electrons. The molecule has 1 aromatic carbocycles. The van der Waals surface area contributed by atoms with Crippen LogP contribution < -0.4 is 0 Å². The Hall–Kier alpha value is -0.580. The molecule has 1 heterocycles. The van der Waals surface area contributed by atoms with Crippen LogP contribution in [0.15, 0.2) is 17.0 Å². The summed E-state index contributed by atoms with van der Waals surface area (Å²) in [5.74, 6) is -0.259. The van der Waals surface area contributed by atoms with Crippen LogP contribution in [-0.2, 0) is 4.74 Å². The maximum absolute atomic E-state index is 13.4. The molecule has 0 aliphatic carbocycles. The number of ether oxygens (including phenoxy) is 1. The molecule has 1 saturated heterocycles. The van der Waals surface area contributed by atoms with Gasteiger partial charge in [0.1, 0.15) is 5.82 Å². The van der Waals surface area contributed by atoms with Crippen molar-refractivity contribution >= 4 is 11.8 Å². The second-order valence-electron chi connectivity index (χ2n) is 4.09. The van der Waals surface area contributed by atoms with Crippen molar-refractivity contribution in [2.24, 2.45) is 0 Å². The van der Waals surface area contributed by atoms with Crippen molar-refractivity contribution in [3.8, 4) is 0 Å². The summed E-state index contributed by atoms with van der Waals surface area (Å²) in [7, 11) is 0. The molecule has 2 nitrogen and oxygen atoms in total. The topological polar surface area (TPSA) is 29.5 Å². The van der Waals surface area contributed by atoms with Crippen LogP contribution in [0.3, 0.4) is 0 Å². The van der Waals surface area contributed by atoms with Crippen molar-refractivity contribution in [1.29, 1.82) is 0 Å². The molecule has 1 aromatic rings. The van der Waals surface area contributed by atoms with Gasteiger partial charge in [0.05, 0.1) is 24.6 Å². The average molecular weight is 242 g/mol. The predicted molar refractivity (Wildman–Crippen MR) is 62.2 cm³/mol. The molecule has 0 radical (unpaired) electrons. The summed E-state index contributed by atoms with van der Waals surface area (Å²) >= 11 is 1.66. The number of aliphatic hydroxyl groups is 1. The summed E-state index contributed by atoms with van der Waals surface area (Å²) in [5.41, 5.74) is 1.28. The molecule has 1 aliphatic heterocycles. The minimum Gasteiger partial charge on any atom is -0.389 e. The van der Waals surface area contributed by atoms with Crippen LogP contribution in [0.1, 0.15) is 24.2 Å². The number of benzene rings is 1. The van der Waals surface area contributed by atoms with Gasteiger partial charge in [0.15, 0.2) is 0 Å². The van der Waals surface area contributed by atoms with E-state index >= 15 is 0 Å². The van der Waals surface area contributed by atoms with Crippen molar-refractivity contribution in [2.45, 2.75) is 30.1 Å². The van der Waals surface area contributed by atoms with E-state index < -0.39 is 6.10 Å². The van der Waals surface area contributed by atoms with Gasteiger partial charge in [-0.15, -0.1) is 11.8 Å². The van der Waals surface area contributed by atoms with Crippen LogP contribution in [0.25, 0.3) is 0 Å². The average Bonchev–Trinajstić information content (AvgIpc) is 2.16. The van der Waals surface area contributed by atoms with E-state index in [1.807, 2.05) is 0 Å². The molecule has 4 heteroatoms. The van der Waals surface area contributed by atoms with Gasteiger partial charge in [-0.2, -0.15) is 0 Å². The molecule has 1 N–H and O–H groups in total. The molecule has 0 aromatic heterocycles. The van der Waals surface area contributed by atoms with Gasteiger partial charge in [-0.05, 0) is 37.1 Å². The number of hydrogen-bond donors (Lipinski definition) is 1. The first-order valence-corrected chi connectivity index (χ1v) is 6.18. The molecule has 0 saturated carbocycles. The van der Waals surface area contributed by atoms with Gasteiger partial charge in [0.25, 0.3) is 0 Å². The van der Waals surface area contributed by atoms with E-state index in [-0.39, 0.29) is 5.82 Å². The van der Waals surface area contributed by atoms with Gasteiger partial charge in [0.2, 0.25) is 0 Å². The maximum Gasteiger partial charge on any atom is 0.126 e. The highest BCUT2D eigenvalue weighted by Crippen LogP contribution is 2.34. The summed E-state index contributed by atoms with van der Waals surface area (Å²) < 4.78 is 18.5. The van der Waals surface area contributed by atoms with Crippen molar-refractivity contribution in [1.82, 2.24) is 0 Å². The second kappa shape index (κ2) is 4.73. The maximum atomic E-state index is 13.4. The van der Waals surface area contributed by atoms with Crippen molar-refractivity contribution in [2.75, 3.05) is 13.2 Å². The van der Waals surface area contributed by atoms with E-state index in [9.17, 15) is 9.50 Å². The molecule has 1 atom stereocenters. The van der Waals surface area contributed by atoms with Gasteiger partial charge in [-0.1, -0.05) is 0 Å². The highest BCUT2D eigenvalue weighted by molar-refractivity contribution is 8.00. The summed E-state index contributed by atoms with van der Waals surface area (Å²) in [6, 6.07) is 3.24. The Bertz CT molecular complexity index is 389. The van der Waals surface area contributed by atoms with Crippen molar-refractivity contribution in [3.63, 3.8) is 0 Å². The molecule has 1 aliphatic rings. The van der Waals surface area contributed by atoms with Gasteiger partial charge in [-0.3, -0.25) is 0 Å². The fourth-order valence-corrected chi connectivity index (χ4v) is 2.86. The van der Waals surface area contributed by atoms with Gasteiger partial charge < -0.3 is 9.84 Å². The lowest BCUT2D eigenvalue weighted by atomic mass is 10.1. The molecular formula is C12H15FO2S. The van der Waals surface area contributed by atoms with E-state index in [1.54, 1.807) is 31.7 Å². The largest absolute Gasteiger partial charge is 0.389 e. The number of aliphatic hydroxyl groups excluding tert-OH is 1. The van der Waals surface area contributed by atoms with Crippen molar-refractivity contribution < 1.29 is 14.2 Å². The standard InChI is InChI=1S/C12H15FO2S/c1-7-3-12(16-9-5-15-6-9)10(8(2)14)4-11(7)13/h3-4,8-9,14H,5-6H2,1-2H3/t8-/m1/s1. The first-order chi connectivity index (χ1) is 7.58. The van der Waals surface area contributed by atoms with Gasteiger partial charge in [0, 0.05) is 4.90 Å². The zero-order valence-electron chi connectivity index (χ0n) is 9.37. The monoisotopic (exact) mass is 242 g/mol. The fourth-order valence-electron chi connectivity index (χ4n) is 1.56. The fraction of sp³-hybridized carbons (Fsp3) is 0.500. The number of aryl methyl sites for hydroxylation is 1. The third kappa shape index (κ3) is 2.39. The number of hydrogen-bond acceptors (Lipinski definition) is 3. The Morgan fingerprint density at radius 3 is 2.69 bits per heavy atom. The Balaban J connectivity index is 2.28. The minimum absolute atomic E-state index is 0.259. The van der Waals surface area contributed by atoms with Crippen LogP contribution in [0.5, 0.6) is 0 Å². The summed E-state index contributed by atoms with van der Waals surface area (Å²) in [4.78, 5) is 0.960. The smallest absolute Gasteiger partial charge is 0.126 e. The quantitative estimate of drug-likeness (QED) is 0.883. The van der Waals surface area contributed by atoms with Gasteiger partial charge >= 0.3 is 0 Å². The Morgan fingerprint density at radius 1 is 1.50 bits per heavy atom. The second-order valence-corrected chi connectivity index (χ2v) is 5.43. The summed E-state index contributed by atoms with van der Waals surface area (Å²) in [5, 5.41) is 10.0. The normalized spacial score (nSPS) is 18.2. The number of halogens is 1. The van der Waals surface area contributed by atoms with Crippen LogP contribution in [0.4, 0.5) is 4.39 Å². The molecular weight excluding hydrogens is 227 g/mol. The summed E-state index contributed by atoms with van der Waals surface area (Å²) in [6.45, 7) is 4.87. The van der Waals surface area contributed by atoms with E-state index in [2.05, 4.69) is 0 Å². The van der Waals surface area contributed by atoms with Crippen LogP contribution in [0.2, 0.25) is 0 Å². The first kappa shape index (κ1) is 11.9. The highest BCUT2D eigenvalue weighted by atomic mass is 32.2. The SMILES string of the molecule is Cc1cc(SC2COC2)c([C@@H](C)O)cc1F. The molecule has 1 fully saturated rings. The molecule has 16 heavy (non-hydrogen) atoms. The third-order valence-corrected chi connectivity index (χ3v) is 3.86. The molecule has 2 rings (SSSR count). The number of rotatable bonds is 3. The Labute approximate surface area is 98.8 Å². The number of thioether (sulfide) groups is 1. The van der Waals surface area contributed by atoms with E-state index in [0.717, 1.165) is 18.1 Å². The van der Waals surface area contributed by atoms with Crippen LogP contribution in [0, 0.1) is 12.7 Å². The lowest BCUT2D eigenvalue weighted by molar-refractivity contribution is 0.0455. The summed E-state index contributed by atoms with van der Waals surface area (Å²) in [6.07, 6.45) is -0.640. The highest BCUT2D eigenvalue weighted by Gasteiger charge is 2.22. The lowest BCUT2D eigenvalue weighted by Gasteiger charge is -2.26. The zero-order chi connectivity index (χ0) is 11.7. The zero-order valence-corrected chi connectivity index (χ0v) is 10.2. The lowest BCUT2D eigenvalue weighted by Crippen LogP contribution is -2.30. The van der Waals surface area contributed by atoms with E-state index in [4.69, 9.17) is 4.74 Å². The Morgan fingerprint density at radius 2 is 2.19 bits per heavy atom. The van der Waals surface area contributed by atoms with Gasteiger partial charge in [-0.25, -0.2) is 4.39 Å².